The zero-order valence-corrected chi connectivity index (χ0v) is 9.76. The highest BCUT2D eigenvalue weighted by Gasteiger charge is 2.12. The summed E-state index contributed by atoms with van der Waals surface area (Å²) in [6, 6.07) is 5.25. The van der Waals surface area contributed by atoms with Crippen LogP contribution in [0.2, 0.25) is 0 Å². The molecule has 0 spiro atoms. The first-order chi connectivity index (χ1) is 7.19. The summed E-state index contributed by atoms with van der Waals surface area (Å²) in [6.07, 6.45) is -2.49. The first-order valence-corrected chi connectivity index (χ1v) is 5.44. The van der Waals surface area contributed by atoms with Crippen LogP contribution in [0.25, 0.3) is 0 Å². The first kappa shape index (κ1) is 12.2. The molecule has 0 bridgehead atoms. The van der Waals surface area contributed by atoms with E-state index in [9.17, 15) is 8.78 Å². The molecule has 0 radical (unpaired) electrons. The minimum Gasteiger partial charge on any atom is -0.493 e. The second kappa shape index (κ2) is 5.90. The summed E-state index contributed by atoms with van der Waals surface area (Å²) in [5.41, 5.74) is 0.787. The Morgan fingerprint density at radius 1 is 1.40 bits per heavy atom. The third kappa shape index (κ3) is 3.34. The van der Waals surface area contributed by atoms with E-state index in [4.69, 9.17) is 9.47 Å². The third-order valence-electron chi connectivity index (χ3n) is 1.78. The SMILES string of the molecule is COc1cccc(CBr)c1OCC(F)F. The number of alkyl halides is 3. The normalized spacial score (nSPS) is 10.5. The lowest BCUT2D eigenvalue weighted by Gasteiger charge is -2.13. The van der Waals surface area contributed by atoms with Gasteiger partial charge in [0.2, 0.25) is 0 Å². The van der Waals surface area contributed by atoms with E-state index in [1.54, 1.807) is 18.2 Å². The molecular weight excluding hydrogens is 270 g/mol. The van der Waals surface area contributed by atoms with Crippen LogP contribution < -0.4 is 9.47 Å². The van der Waals surface area contributed by atoms with Crippen molar-refractivity contribution in [3.05, 3.63) is 23.8 Å². The monoisotopic (exact) mass is 280 g/mol. The molecule has 2 nitrogen and oxygen atoms in total. The number of ether oxygens (including phenoxy) is 2. The van der Waals surface area contributed by atoms with Crippen LogP contribution in [0.15, 0.2) is 18.2 Å². The summed E-state index contributed by atoms with van der Waals surface area (Å²) >= 11 is 3.26. The van der Waals surface area contributed by atoms with Crippen molar-refractivity contribution in [3.63, 3.8) is 0 Å². The quantitative estimate of drug-likeness (QED) is 0.771. The molecule has 0 heterocycles. The second-order valence-corrected chi connectivity index (χ2v) is 3.34. The van der Waals surface area contributed by atoms with Crippen molar-refractivity contribution in [2.75, 3.05) is 13.7 Å². The van der Waals surface area contributed by atoms with Gasteiger partial charge in [-0.3, -0.25) is 0 Å². The summed E-state index contributed by atoms with van der Waals surface area (Å²) < 4.78 is 34.1. The van der Waals surface area contributed by atoms with Gasteiger partial charge < -0.3 is 9.47 Å². The number of halogens is 3. The second-order valence-electron chi connectivity index (χ2n) is 2.78. The van der Waals surface area contributed by atoms with Crippen LogP contribution in [-0.2, 0) is 5.33 Å². The van der Waals surface area contributed by atoms with Gasteiger partial charge in [-0.15, -0.1) is 0 Å². The van der Waals surface area contributed by atoms with Crippen LogP contribution in [0.3, 0.4) is 0 Å². The van der Waals surface area contributed by atoms with Gasteiger partial charge in [-0.25, -0.2) is 8.78 Å². The van der Waals surface area contributed by atoms with Gasteiger partial charge in [0.25, 0.3) is 6.43 Å². The van der Waals surface area contributed by atoms with Crippen LogP contribution >= 0.6 is 15.9 Å². The van der Waals surface area contributed by atoms with Gasteiger partial charge >= 0.3 is 0 Å². The molecule has 0 amide bonds. The third-order valence-corrected chi connectivity index (χ3v) is 2.38. The molecule has 1 aromatic rings. The van der Waals surface area contributed by atoms with E-state index in [-0.39, 0.29) is 0 Å². The van der Waals surface area contributed by atoms with Gasteiger partial charge in [-0.05, 0) is 6.07 Å². The van der Waals surface area contributed by atoms with E-state index in [1.807, 2.05) is 0 Å². The molecule has 0 saturated heterocycles. The Morgan fingerprint density at radius 2 is 2.13 bits per heavy atom. The van der Waals surface area contributed by atoms with Gasteiger partial charge in [0, 0.05) is 10.9 Å². The van der Waals surface area contributed by atoms with Gasteiger partial charge in [0.15, 0.2) is 11.5 Å². The zero-order valence-electron chi connectivity index (χ0n) is 8.17. The average Bonchev–Trinajstić information content (AvgIpc) is 2.25. The lowest BCUT2D eigenvalue weighted by Crippen LogP contribution is -2.09. The molecular formula is C10H11BrF2O2. The molecule has 0 fully saturated rings. The first-order valence-electron chi connectivity index (χ1n) is 4.31. The minimum absolute atomic E-state index is 0.372. The van der Waals surface area contributed by atoms with Crippen LogP contribution in [0.5, 0.6) is 11.5 Å². The van der Waals surface area contributed by atoms with Crippen molar-refractivity contribution in [2.45, 2.75) is 11.8 Å². The highest BCUT2D eigenvalue weighted by molar-refractivity contribution is 9.08. The Kier molecular flexibility index (Phi) is 4.81. The molecule has 1 rings (SSSR count). The van der Waals surface area contributed by atoms with Crippen LogP contribution in [0.1, 0.15) is 5.56 Å². The van der Waals surface area contributed by atoms with E-state index in [0.717, 1.165) is 5.56 Å². The van der Waals surface area contributed by atoms with Crippen molar-refractivity contribution in [1.29, 1.82) is 0 Å². The molecule has 1 aromatic carbocycles. The summed E-state index contributed by atoms with van der Waals surface area (Å²) in [5.74, 6) is 0.838. The van der Waals surface area contributed by atoms with Crippen LogP contribution in [0, 0.1) is 0 Å². The van der Waals surface area contributed by atoms with Crippen LogP contribution in [0.4, 0.5) is 8.78 Å². The Morgan fingerprint density at radius 3 is 2.67 bits per heavy atom. The van der Waals surface area contributed by atoms with Crippen LogP contribution in [-0.4, -0.2) is 20.1 Å². The summed E-state index contributed by atoms with van der Waals surface area (Å²) in [6.45, 7) is -0.625. The fraction of sp³-hybridized carbons (Fsp3) is 0.400. The Hall–Kier alpha value is -0.840. The predicted octanol–water partition coefficient (Wildman–Crippen LogP) is 3.23. The molecule has 0 aliphatic heterocycles. The maximum Gasteiger partial charge on any atom is 0.272 e. The average molecular weight is 281 g/mol. The summed E-state index contributed by atoms with van der Waals surface area (Å²) in [7, 11) is 1.47. The predicted molar refractivity (Wildman–Crippen MR) is 57.1 cm³/mol. The molecule has 0 atom stereocenters. The molecule has 0 saturated carbocycles. The number of rotatable bonds is 5. The maximum absolute atomic E-state index is 12.0. The zero-order chi connectivity index (χ0) is 11.3. The van der Waals surface area contributed by atoms with Gasteiger partial charge in [-0.2, -0.15) is 0 Å². The lowest BCUT2D eigenvalue weighted by molar-refractivity contribution is 0.0801. The van der Waals surface area contributed by atoms with Gasteiger partial charge in [0.05, 0.1) is 7.11 Å². The van der Waals surface area contributed by atoms with E-state index in [2.05, 4.69) is 15.9 Å². The lowest BCUT2D eigenvalue weighted by atomic mass is 10.2. The van der Waals surface area contributed by atoms with Crippen molar-refractivity contribution < 1.29 is 18.3 Å². The smallest absolute Gasteiger partial charge is 0.272 e. The van der Waals surface area contributed by atoms with Crippen molar-refractivity contribution in [3.8, 4) is 11.5 Å². The number of benzene rings is 1. The largest absolute Gasteiger partial charge is 0.493 e. The fourth-order valence-corrected chi connectivity index (χ4v) is 1.58. The molecule has 84 valence electrons. The highest BCUT2D eigenvalue weighted by atomic mass is 79.9. The Labute approximate surface area is 95.3 Å². The van der Waals surface area contributed by atoms with Crippen molar-refractivity contribution in [1.82, 2.24) is 0 Å². The standard InChI is InChI=1S/C10H11BrF2O2/c1-14-8-4-2-3-7(5-11)10(8)15-6-9(12)13/h2-4,9H,5-6H2,1H3. The van der Waals surface area contributed by atoms with E-state index < -0.39 is 13.0 Å². The fourth-order valence-electron chi connectivity index (χ4n) is 1.14. The number of methoxy groups -OCH3 is 1. The Bertz CT molecular complexity index is 296. The minimum atomic E-state index is -2.49. The molecule has 0 N–H and O–H groups in total. The highest BCUT2D eigenvalue weighted by Crippen LogP contribution is 2.32. The molecule has 5 heteroatoms. The number of hydrogen-bond donors (Lipinski definition) is 0. The number of hydrogen-bond acceptors (Lipinski definition) is 2. The molecule has 0 aromatic heterocycles. The van der Waals surface area contributed by atoms with E-state index in [1.165, 1.54) is 7.11 Å². The van der Waals surface area contributed by atoms with E-state index >= 15 is 0 Å². The molecule has 0 unspecified atom stereocenters. The topological polar surface area (TPSA) is 18.5 Å². The molecule has 0 aliphatic carbocycles. The van der Waals surface area contributed by atoms with Crippen molar-refractivity contribution in [2.24, 2.45) is 0 Å². The molecule has 0 aliphatic rings. The summed E-state index contributed by atoms with van der Waals surface area (Å²) in [5, 5.41) is 0.531. The molecule has 15 heavy (non-hydrogen) atoms. The summed E-state index contributed by atoms with van der Waals surface area (Å²) in [4.78, 5) is 0. The van der Waals surface area contributed by atoms with Gasteiger partial charge in [0.1, 0.15) is 6.61 Å². The number of para-hydroxylation sites is 1. The van der Waals surface area contributed by atoms with Gasteiger partial charge in [-0.1, -0.05) is 28.1 Å². The Balaban J connectivity index is 2.89. The maximum atomic E-state index is 12.0. The van der Waals surface area contributed by atoms with Crippen molar-refractivity contribution >= 4 is 15.9 Å². The van der Waals surface area contributed by atoms with E-state index in [0.29, 0.717) is 16.8 Å².